The first-order chi connectivity index (χ1) is 8.28. The van der Waals surface area contributed by atoms with Crippen LogP contribution in [0, 0.1) is 5.92 Å². The summed E-state index contributed by atoms with van der Waals surface area (Å²) in [6.07, 6.45) is 5.09. The Morgan fingerprint density at radius 2 is 2.24 bits per heavy atom. The lowest BCUT2D eigenvalue weighted by Crippen LogP contribution is -2.06. The number of fused-ring (bicyclic) bond motifs is 1. The molecule has 5 heteroatoms. The summed E-state index contributed by atoms with van der Waals surface area (Å²) in [4.78, 5) is 8.97. The maximum absolute atomic E-state index is 5.94. The van der Waals surface area contributed by atoms with Crippen LogP contribution in [0.15, 0.2) is 12.3 Å². The van der Waals surface area contributed by atoms with Crippen LogP contribution in [0.1, 0.15) is 18.7 Å². The number of hydrogen-bond acceptors (Lipinski definition) is 2. The van der Waals surface area contributed by atoms with Crippen LogP contribution in [0.3, 0.4) is 0 Å². The van der Waals surface area contributed by atoms with E-state index in [0.29, 0.717) is 10.9 Å². The Morgan fingerprint density at radius 1 is 1.41 bits per heavy atom. The highest BCUT2D eigenvalue weighted by atomic mass is 35.5. The molecule has 0 aliphatic heterocycles. The fraction of sp³-hybridized carbons (Fsp3) is 0.500. The number of nitrogens with zero attached hydrogens (tertiary/aromatic N) is 3. The third-order valence-corrected chi connectivity index (χ3v) is 3.48. The molecule has 0 unspecified atom stereocenters. The third kappa shape index (κ3) is 2.26. The Hall–Kier alpha value is -0.800. The van der Waals surface area contributed by atoms with E-state index in [1.165, 1.54) is 12.8 Å². The smallest absolute Gasteiger partial charge is 0.160 e. The van der Waals surface area contributed by atoms with Crippen LogP contribution in [0.4, 0.5) is 0 Å². The summed E-state index contributed by atoms with van der Waals surface area (Å²) in [5.41, 5.74) is 1.81. The van der Waals surface area contributed by atoms with Crippen molar-refractivity contribution in [2.45, 2.75) is 25.8 Å². The van der Waals surface area contributed by atoms with Gasteiger partial charge in [-0.3, -0.25) is 0 Å². The quantitative estimate of drug-likeness (QED) is 0.798. The first-order valence-corrected chi connectivity index (χ1v) is 6.76. The highest BCUT2D eigenvalue weighted by molar-refractivity contribution is 6.31. The number of imidazole rings is 1. The predicted octanol–water partition coefficient (Wildman–Crippen LogP) is 3.28. The maximum Gasteiger partial charge on any atom is 0.160 e. The van der Waals surface area contributed by atoms with Gasteiger partial charge in [0.05, 0.1) is 5.02 Å². The zero-order valence-electron chi connectivity index (χ0n) is 9.37. The molecule has 0 bridgehead atoms. The Morgan fingerprint density at radius 3 is 2.94 bits per heavy atom. The largest absolute Gasteiger partial charge is 0.312 e. The maximum atomic E-state index is 5.94. The molecule has 0 spiro atoms. The Balaban J connectivity index is 2.08. The highest BCUT2D eigenvalue weighted by Gasteiger charge is 2.24. The average molecular weight is 270 g/mol. The summed E-state index contributed by atoms with van der Waals surface area (Å²) in [7, 11) is 0. The molecule has 2 heterocycles. The lowest BCUT2D eigenvalue weighted by molar-refractivity contribution is 0.611. The van der Waals surface area contributed by atoms with Crippen molar-refractivity contribution in [3.63, 3.8) is 0 Å². The van der Waals surface area contributed by atoms with Gasteiger partial charge in [-0.1, -0.05) is 11.6 Å². The van der Waals surface area contributed by atoms with Gasteiger partial charge in [0.1, 0.15) is 11.3 Å². The van der Waals surface area contributed by atoms with Gasteiger partial charge < -0.3 is 4.57 Å². The molecular formula is C12H13Cl2N3. The zero-order chi connectivity index (χ0) is 11.8. The molecule has 1 saturated carbocycles. The van der Waals surface area contributed by atoms with E-state index in [1.54, 1.807) is 6.20 Å². The molecule has 2 aromatic rings. The van der Waals surface area contributed by atoms with Crippen LogP contribution in [-0.2, 0) is 13.0 Å². The van der Waals surface area contributed by atoms with Gasteiger partial charge in [0.2, 0.25) is 0 Å². The van der Waals surface area contributed by atoms with Crippen molar-refractivity contribution >= 4 is 34.4 Å². The van der Waals surface area contributed by atoms with Crippen molar-refractivity contribution in [1.29, 1.82) is 0 Å². The van der Waals surface area contributed by atoms with Gasteiger partial charge in [-0.15, -0.1) is 11.6 Å². The first-order valence-electron chi connectivity index (χ1n) is 5.84. The number of rotatable bonds is 4. The van der Waals surface area contributed by atoms with Crippen LogP contribution in [0.5, 0.6) is 0 Å². The van der Waals surface area contributed by atoms with E-state index < -0.39 is 0 Å². The minimum atomic E-state index is 0.585. The van der Waals surface area contributed by atoms with Gasteiger partial charge in [-0.25, -0.2) is 9.97 Å². The first kappa shape index (κ1) is 11.3. The molecular weight excluding hydrogens is 257 g/mol. The summed E-state index contributed by atoms with van der Waals surface area (Å²) in [5.74, 6) is 2.40. The highest BCUT2D eigenvalue weighted by Crippen LogP contribution is 2.32. The van der Waals surface area contributed by atoms with Crippen molar-refractivity contribution < 1.29 is 0 Å². The van der Waals surface area contributed by atoms with Crippen molar-refractivity contribution in [3.05, 3.63) is 23.1 Å². The summed E-state index contributed by atoms with van der Waals surface area (Å²) in [6, 6.07) is 1.87. The lowest BCUT2D eigenvalue weighted by Gasteiger charge is -2.06. The zero-order valence-corrected chi connectivity index (χ0v) is 10.9. The van der Waals surface area contributed by atoms with E-state index in [2.05, 4.69) is 14.5 Å². The van der Waals surface area contributed by atoms with E-state index in [0.717, 1.165) is 35.9 Å². The number of aromatic nitrogens is 3. The molecule has 17 heavy (non-hydrogen) atoms. The molecule has 0 N–H and O–H groups in total. The molecule has 0 radical (unpaired) electrons. The lowest BCUT2D eigenvalue weighted by atomic mass is 10.3. The topological polar surface area (TPSA) is 30.7 Å². The molecule has 3 rings (SSSR count). The SMILES string of the molecule is ClCCc1nc2cc(Cl)cnc2n1CC1CC1. The molecule has 2 aromatic heterocycles. The fourth-order valence-corrected chi connectivity index (χ4v) is 2.38. The molecule has 1 aliphatic carbocycles. The molecule has 0 amide bonds. The molecule has 0 saturated heterocycles. The predicted molar refractivity (Wildman–Crippen MR) is 69.7 cm³/mol. The van der Waals surface area contributed by atoms with Crippen LogP contribution in [-0.4, -0.2) is 20.4 Å². The minimum absolute atomic E-state index is 0.585. The molecule has 1 fully saturated rings. The number of halogens is 2. The Kier molecular flexibility index (Phi) is 2.97. The van der Waals surface area contributed by atoms with Crippen molar-refractivity contribution in [2.24, 2.45) is 5.92 Å². The standard InChI is InChI=1S/C12H13Cl2N3/c13-4-3-11-16-10-5-9(14)6-15-12(10)17(11)7-8-1-2-8/h5-6,8H,1-4,7H2. The monoisotopic (exact) mass is 269 g/mol. The average Bonchev–Trinajstić information content (AvgIpc) is 3.04. The van der Waals surface area contributed by atoms with E-state index in [-0.39, 0.29) is 0 Å². The summed E-state index contributed by atoms with van der Waals surface area (Å²) < 4.78 is 2.20. The molecule has 1 aliphatic rings. The van der Waals surface area contributed by atoms with E-state index >= 15 is 0 Å². The van der Waals surface area contributed by atoms with E-state index in [9.17, 15) is 0 Å². The second-order valence-corrected chi connectivity index (χ2v) is 5.33. The van der Waals surface area contributed by atoms with Gasteiger partial charge in [0, 0.05) is 25.0 Å². The summed E-state index contributed by atoms with van der Waals surface area (Å²) >= 11 is 11.8. The fourth-order valence-electron chi connectivity index (χ4n) is 2.06. The number of hydrogen-bond donors (Lipinski definition) is 0. The third-order valence-electron chi connectivity index (χ3n) is 3.09. The van der Waals surface area contributed by atoms with Crippen molar-refractivity contribution in [1.82, 2.24) is 14.5 Å². The van der Waals surface area contributed by atoms with Gasteiger partial charge in [0.25, 0.3) is 0 Å². The van der Waals surface area contributed by atoms with Crippen LogP contribution in [0.2, 0.25) is 5.02 Å². The van der Waals surface area contributed by atoms with Crippen LogP contribution < -0.4 is 0 Å². The van der Waals surface area contributed by atoms with E-state index in [4.69, 9.17) is 23.2 Å². The number of aryl methyl sites for hydroxylation is 1. The summed E-state index contributed by atoms with van der Waals surface area (Å²) in [5, 5.41) is 0.631. The number of pyridine rings is 1. The van der Waals surface area contributed by atoms with Crippen LogP contribution >= 0.6 is 23.2 Å². The Labute approximate surface area is 110 Å². The normalized spacial score (nSPS) is 15.6. The Bertz CT molecular complexity index is 546. The van der Waals surface area contributed by atoms with Crippen molar-refractivity contribution in [2.75, 3.05) is 5.88 Å². The van der Waals surface area contributed by atoms with E-state index in [1.807, 2.05) is 6.07 Å². The van der Waals surface area contributed by atoms with Gasteiger partial charge in [-0.05, 0) is 24.8 Å². The van der Waals surface area contributed by atoms with Crippen molar-refractivity contribution in [3.8, 4) is 0 Å². The van der Waals surface area contributed by atoms with Gasteiger partial charge >= 0.3 is 0 Å². The molecule has 0 aromatic carbocycles. The second kappa shape index (κ2) is 4.46. The summed E-state index contributed by atoms with van der Waals surface area (Å²) in [6.45, 7) is 1.01. The van der Waals surface area contributed by atoms with Crippen LogP contribution in [0.25, 0.3) is 11.2 Å². The van der Waals surface area contributed by atoms with Gasteiger partial charge in [0.15, 0.2) is 5.65 Å². The molecule has 90 valence electrons. The second-order valence-electron chi connectivity index (χ2n) is 4.52. The minimum Gasteiger partial charge on any atom is -0.312 e. The van der Waals surface area contributed by atoms with Gasteiger partial charge in [-0.2, -0.15) is 0 Å². The number of alkyl halides is 1. The molecule has 3 nitrogen and oxygen atoms in total. The molecule has 0 atom stereocenters.